The van der Waals surface area contributed by atoms with E-state index in [4.69, 9.17) is 0 Å². The van der Waals surface area contributed by atoms with Crippen LogP contribution in [0.3, 0.4) is 0 Å². The maximum absolute atomic E-state index is 13.2. The first-order valence-corrected chi connectivity index (χ1v) is 11.5. The highest BCUT2D eigenvalue weighted by Crippen LogP contribution is 2.25. The van der Waals surface area contributed by atoms with Crippen LogP contribution < -0.4 is 5.32 Å². The Kier molecular flexibility index (Phi) is 7.96. The molecule has 0 saturated carbocycles. The lowest BCUT2D eigenvalue weighted by Crippen LogP contribution is -2.42. The molecule has 1 aromatic heterocycles. The smallest absolute Gasteiger partial charge is 0.270 e. The Morgan fingerprint density at radius 3 is 2.71 bits per heavy atom. The molecule has 2 saturated heterocycles. The number of hydrogen-bond acceptors (Lipinski definition) is 4. The molecule has 1 amide bonds. The average Bonchev–Trinajstić information content (AvgIpc) is 3.29. The fourth-order valence-corrected chi connectivity index (χ4v) is 5.82. The minimum Gasteiger partial charge on any atom is -0.345 e. The quantitative estimate of drug-likeness (QED) is 0.746. The Labute approximate surface area is 174 Å². The predicted octanol–water partition coefficient (Wildman–Crippen LogP) is 2.08. The molecule has 0 radical (unpaired) electrons. The van der Waals surface area contributed by atoms with Crippen LogP contribution in [0.15, 0.2) is 17.2 Å². The summed E-state index contributed by atoms with van der Waals surface area (Å²) in [7, 11) is -1.81. The highest BCUT2D eigenvalue weighted by molar-refractivity contribution is 7.89. The van der Waals surface area contributed by atoms with E-state index in [0.717, 1.165) is 38.8 Å². The van der Waals surface area contributed by atoms with Gasteiger partial charge in [-0.25, -0.2) is 8.42 Å². The van der Waals surface area contributed by atoms with E-state index in [-0.39, 0.29) is 29.3 Å². The second-order valence-electron chi connectivity index (χ2n) is 7.93. The van der Waals surface area contributed by atoms with Crippen molar-refractivity contribution in [2.45, 2.75) is 50.5 Å². The van der Waals surface area contributed by atoms with Gasteiger partial charge in [0.15, 0.2) is 0 Å². The number of rotatable bonds is 6. The first-order chi connectivity index (χ1) is 12.8. The van der Waals surface area contributed by atoms with Crippen LogP contribution in [0.4, 0.5) is 0 Å². The molecule has 160 valence electrons. The molecule has 0 aliphatic carbocycles. The minimum absolute atomic E-state index is 0. The molecule has 7 nitrogen and oxygen atoms in total. The van der Waals surface area contributed by atoms with Gasteiger partial charge < -0.3 is 14.8 Å². The van der Waals surface area contributed by atoms with Crippen molar-refractivity contribution in [1.82, 2.24) is 19.1 Å². The summed E-state index contributed by atoms with van der Waals surface area (Å²) in [6, 6.07) is 1.73. The molecular weight excluding hydrogens is 400 g/mol. The number of aryl methyl sites for hydroxylation is 1. The van der Waals surface area contributed by atoms with Crippen LogP contribution in [0.1, 0.15) is 50.0 Å². The molecule has 3 heterocycles. The Bertz CT molecular complexity index is 774. The van der Waals surface area contributed by atoms with E-state index in [1.807, 2.05) is 4.90 Å². The number of amides is 1. The van der Waals surface area contributed by atoms with Crippen molar-refractivity contribution in [3.8, 4) is 0 Å². The SMILES string of the molecule is CCCN(C(=O)c1cc(S(=O)(=O)N2CCCC(C)C2)cn1C)C1CCNC1.Cl. The highest BCUT2D eigenvalue weighted by Gasteiger charge is 2.33. The van der Waals surface area contributed by atoms with E-state index < -0.39 is 10.0 Å². The number of nitrogens with one attached hydrogen (secondary N) is 1. The summed E-state index contributed by atoms with van der Waals surface area (Å²) in [5.41, 5.74) is 0.444. The molecular formula is C19H33ClN4O3S. The van der Waals surface area contributed by atoms with Gasteiger partial charge in [-0.05, 0) is 44.2 Å². The van der Waals surface area contributed by atoms with Crippen LogP contribution >= 0.6 is 12.4 Å². The number of hydrogen-bond donors (Lipinski definition) is 1. The number of nitrogens with zero attached hydrogens (tertiary/aromatic N) is 3. The third-order valence-corrected chi connectivity index (χ3v) is 7.49. The van der Waals surface area contributed by atoms with E-state index in [1.165, 1.54) is 0 Å². The van der Waals surface area contributed by atoms with Gasteiger partial charge in [0.25, 0.3) is 5.91 Å². The van der Waals surface area contributed by atoms with E-state index in [2.05, 4.69) is 19.2 Å². The molecule has 28 heavy (non-hydrogen) atoms. The van der Waals surface area contributed by atoms with Crippen LogP contribution in [-0.4, -0.2) is 66.9 Å². The number of aromatic nitrogens is 1. The van der Waals surface area contributed by atoms with Gasteiger partial charge in [-0.2, -0.15) is 4.31 Å². The van der Waals surface area contributed by atoms with Crippen molar-refractivity contribution in [2.75, 3.05) is 32.7 Å². The molecule has 0 spiro atoms. The van der Waals surface area contributed by atoms with Gasteiger partial charge in [-0.15, -0.1) is 12.4 Å². The number of sulfonamides is 1. The zero-order valence-electron chi connectivity index (χ0n) is 17.1. The van der Waals surface area contributed by atoms with Crippen molar-refractivity contribution >= 4 is 28.3 Å². The second-order valence-corrected chi connectivity index (χ2v) is 9.87. The minimum atomic E-state index is -3.56. The van der Waals surface area contributed by atoms with Gasteiger partial charge in [0.2, 0.25) is 10.0 Å². The Morgan fingerprint density at radius 1 is 1.36 bits per heavy atom. The monoisotopic (exact) mass is 432 g/mol. The summed E-state index contributed by atoms with van der Waals surface area (Å²) in [5.74, 6) is 0.287. The van der Waals surface area contributed by atoms with Crippen LogP contribution in [0.25, 0.3) is 0 Å². The molecule has 2 aliphatic rings. The molecule has 2 unspecified atom stereocenters. The number of carbonyl (C=O) groups is 1. The predicted molar refractivity (Wildman–Crippen MR) is 112 cm³/mol. The van der Waals surface area contributed by atoms with E-state index in [9.17, 15) is 13.2 Å². The van der Waals surface area contributed by atoms with Crippen molar-refractivity contribution in [3.05, 3.63) is 18.0 Å². The number of carbonyl (C=O) groups excluding carboxylic acids is 1. The summed E-state index contributed by atoms with van der Waals surface area (Å²) < 4.78 is 29.3. The molecule has 1 aromatic rings. The van der Waals surface area contributed by atoms with Gasteiger partial charge in [0, 0.05) is 45.5 Å². The summed E-state index contributed by atoms with van der Waals surface area (Å²) in [6.45, 7) is 7.64. The molecule has 3 rings (SSSR count). The zero-order chi connectivity index (χ0) is 19.6. The molecule has 0 aromatic carbocycles. The average molecular weight is 433 g/mol. The third-order valence-electron chi connectivity index (χ3n) is 5.66. The van der Waals surface area contributed by atoms with Crippen molar-refractivity contribution in [1.29, 1.82) is 0 Å². The molecule has 0 bridgehead atoms. The van der Waals surface area contributed by atoms with Crippen molar-refractivity contribution in [2.24, 2.45) is 13.0 Å². The lowest BCUT2D eigenvalue weighted by Gasteiger charge is -2.29. The fourth-order valence-electron chi connectivity index (χ4n) is 4.15. The van der Waals surface area contributed by atoms with Gasteiger partial charge in [0.05, 0.1) is 0 Å². The second kappa shape index (κ2) is 9.61. The summed E-state index contributed by atoms with van der Waals surface area (Å²) in [5, 5.41) is 3.31. The number of piperidine rings is 1. The molecule has 9 heteroatoms. The first-order valence-electron chi connectivity index (χ1n) is 10.0. The first kappa shape index (κ1) is 23.2. The van der Waals surface area contributed by atoms with Gasteiger partial charge in [-0.3, -0.25) is 4.79 Å². The van der Waals surface area contributed by atoms with Gasteiger partial charge in [0.1, 0.15) is 10.6 Å². The van der Waals surface area contributed by atoms with Gasteiger partial charge >= 0.3 is 0 Å². The summed E-state index contributed by atoms with van der Waals surface area (Å²) in [4.78, 5) is 15.3. The van der Waals surface area contributed by atoms with Crippen molar-refractivity contribution in [3.63, 3.8) is 0 Å². The maximum atomic E-state index is 13.2. The maximum Gasteiger partial charge on any atom is 0.270 e. The van der Waals surface area contributed by atoms with Crippen LogP contribution in [0.5, 0.6) is 0 Å². The highest BCUT2D eigenvalue weighted by atomic mass is 35.5. The summed E-state index contributed by atoms with van der Waals surface area (Å²) in [6.07, 6.45) is 5.35. The molecule has 1 N–H and O–H groups in total. The van der Waals surface area contributed by atoms with Crippen LogP contribution in [0, 0.1) is 5.92 Å². The largest absolute Gasteiger partial charge is 0.345 e. The Hall–Kier alpha value is -1.09. The van der Waals surface area contributed by atoms with Crippen LogP contribution in [-0.2, 0) is 17.1 Å². The van der Waals surface area contributed by atoms with E-state index in [1.54, 1.807) is 28.2 Å². The topological polar surface area (TPSA) is 74.7 Å². The number of halogens is 1. The molecule has 2 atom stereocenters. The lowest BCUT2D eigenvalue weighted by atomic mass is 10.0. The Morgan fingerprint density at radius 2 is 2.11 bits per heavy atom. The normalized spacial score (nSPS) is 23.4. The zero-order valence-corrected chi connectivity index (χ0v) is 18.7. The fraction of sp³-hybridized carbons (Fsp3) is 0.737. The van der Waals surface area contributed by atoms with Crippen molar-refractivity contribution < 1.29 is 13.2 Å². The van der Waals surface area contributed by atoms with E-state index in [0.29, 0.717) is 31.2 Å². The molecule has 2 aliphatic heterocycles. The summed E-state index contributed by atoms with van der Waals surface area (Å²) >= 11 is 0. The van der Waals surface area contributed by atoms with Gasteiger partial charge in [-0.1, -0.05) is 13.8 Å². The Balaban J connectivity index is 0.00000280. The molecule has 2 fully saturated rings. The standard InChI is InChI=1S/C19H32N4O3S.ClH/c1-4-9-23(16-7-8-20-12-16)19(24)18-11-17(14-21(18)3)27(25,26)22-10-5-6-15(2)13-22;/h11,14-16,20H,4-10,12-13H2,1-3H3;1H. The van der Waals surface area contributed by atoms with Crippen LogP contribution in [0.2, 0.25) is 0 Å². The lowest BCUT2D eigenvalue weighted by molar-refractivity contribution is 0.0682. The van der Waals surface area contributed by atoms with E-state index >= 15 is 0 Å². The third kappa shape index (κ3) is 4.72.